The molecule has 7 nitrogen and oxygen atoms in total. The molecule has 0 amide bonds. The second-order valence-electron chi connectivity index (χ2n) is 4.83. The highest BCUT2D eigenvalue weighted by Gasteiger charge is 2.14. The minimum absolute atomic E-state index is 0.138. The van der Waals surface area contributed by atoms with Crippen LogP contribution in [0.25, 0.3) is 0 Å². The lowest BCUT2D eigenvalue weighted by atomic mass is 10.2. The van der Waals surface area contributed by atoms with Gasteiger partial charge in [-0.25, -0.2) is 0 Å². The highest BCUT2D eigenvalue weighted by molar-refractivity contribution is 5.79. The number of nitro groups is 1. The number of aldehydes is 1. The van der Waals surface area contributed by atoms with Crippen LogP contribution in [-0.4, -0.2) is 31.0 Å². The van der Waals surface area contributed by atoms with E-state index < -0.39 is 4.92 Å². The molecule has 2 aromatic carbocycles. The van der Waals surface area contributed by atoms with Crippen LogP contribution in [0.3, 0.4) is 0 Å². The predicted molar refractivity (Wildman–Crippen MR) is 90.1 cm³/mol. The van der Waals surface area contributed by atoms with Crippen LogP contribution in [0.1, 0.15) is 17.3 Å². The van der Waals surface area contributed by atoms with Gasteiger partial charge in [-0.1, -0.05) is 0 Å². The van der Waals surface area contributed by atoms with Gasteiger partial charge in [0, 0.05) is 18.2 Å². The molecule has 0 aliphatic rings. The van der Waals surface area contributed by atoms with Gasteiger partial charge in [-0.3, -0.25) is 14.9 Å². The van der Waals surface area contributed by atoms with Crippen molar-refractivity contribution in [3.63, 3.8) is 0 Å². The summed E-state index contributed by atoms with van der Waals surface area (Å²) >= 11 is 0. The molecule has 24 heavy (non-hydrogen) atoms. The van der Waals surface area contributed by atoms with Crippen LogP contribution in [0.5, 0.6) is 11.5 Å². The van der Waals surface area contributed by atoms with Crippen molar-refractivity contribution in [3.05, 3.63) is 58.1 Å². The molecule has 0 radical (unpaired) electrons. The molecule has 1 N–H and O–H groups in total. The molecule has 7 heteroatoms. The first kappa shape index (κ1) is 17.3. The summed E-state index contributed by atoms with van der Waals surface area (Å²) in [5, 5.41) is 14.0. The normalized spacial score (nSPS) is 10.0. The quantitative estimate of drug-likeness (QED) is 0.328. The Kier molecular flexibility index (Phi) is 6.13. The number of hydrogen-bond acceptors (Lipinski definition) is 6. The number of benzene rings is 2. The van der Waals surface area contributed by atoms with E-state index in [-0.39, 0.29) is 11.3 Å². The van der Waals surface area contributed by atoms with Gasteiger partial charge < -0.3 is 14.8 Å². The SMILES string of the molecule is CCOc1ccc(OCCNc2ccc(C=O)cc2[N+](=O)[O-])cc1. The molecule has 0 saturated carbocycles. The Morgan fingerprint density at radius 3 is 2.38 bits per heavy atom. The van der Waals surface area contributed by atoms with Crippen LogP contribution in [0.4, 0.5) is 11.4 Å². The summed E-state index contributed by atoms with van der Waals surface area (Å²) in [7, 11) is 0. The number of ether oxygens (including phenoxy) is 2. The zero-order valence-corrected chi connectivity index (χ0v) is 13.2. The summed E-state index contributed by atoms with van der Waals surface area (Å²) < 4.78 is 10.9. The molecule has 0 heterocycles. The first-order valence-electron chi connectivity index (χ1n) is 7.47. The summed E-state index contributed by atoms with van der Waals surface area (Å²) in [6.45, 7) is 3.23. The monoisotopic (exact) mass is 330 g/mol. The lowest BCUT2D eigenvalue weighted by Crippen LogP contribution is -2.12. The van der Waals surface area contributed by atoms with Gasteiger partial charge in [-0.2, -0.15) is 0 Å². The van der Waals surface area contributed by atoms with Crippen LogP contribution in [0.2, 0.25) is 0 Å². The van der Waals surface area contributed by atoms with E-state index in [9.17, 15) is 14.9 Å². The van der Waals surface area contributed by atoms with Gasteiger partial charge in [0.1, 0.15) is 30.1 Å². The van der Waals surface area contributed by atoms with Crippen LogP contribution in [-0.2, 0) is 0 Å². The minimum Gasteiger partial charge on any atom is -0.494 e. The van der Waals surface area contributed by atoms with Crippen molar-refractivity contribution in [1.29, 1.82) is 0 Å². The van der Waals surface area contributed by atoms with E-state index in [1.807, 2.05) is 19.1 Å². The van der Waals surface area contributed by atoms with E-state index in [1.54, 1.807) is 12.1 Å². The Bertz CT molecular complexity index is 701. The number of nitro benzene ring substituents is 1. The van der Waals surface area contributed by atoms with Gasteiger partial charge in [-0.15, -0.1) is 0 Å². The Morgan fingerprint density at radius 2 is 1.79 bits per heavy atom. The second kappa shape index (κ2) is 8.52. The van der Waals surface area contributed by atoms with Crippen molar-refractivity contribution in [1.82, 2.24) is 0 Å². The van der Waals surface area contributed by atoms with E-state index in [4.69, 9.17) is 9.47 Å². The van der Waals surface area contributed by atoms with Crippen molar-refractivity contribution in [3.8, 4) is 11.5 Å². The maximum Gasteiger partial charge on any atom is 0.293 e. The molecule has 126 valence electrons. The standard InChI is InChI=1S/C17H18N2O5/c1-2-23-14-4-6-15(7-5-14)24-10-9-18-16-8-3-13(12-20)11-17(16)19(21)22/h3-8,11-12,18H,2,9-10H2,1H3. The fraction of sp³-hybridized carbons (Fsp3) is 0.235. The fourth-order valence-corrected chi connectivity index (χ4v) is 2.08. The number of anilines is 1. The molecule has 2 aromatic rings. The lowest BCUT2D eigenvalue weighted by molar-refractivity contribution is -0.384. The molecule has 0 unspecified atom stereocenters. The van der Waals surface area contributed by atoms with Crippen molar-refractivity contribution in [2.24, 2.45) is 0 Å². The maximum absolute atomic E-state index is 11.0. The van der Waals surface area contributed by atoms with Crippen LogP contribution in [0, 0.1) is 10.1 Å². The van der Waals surface area contributed by atoms with E-state index in [2.05, 4.69) is 5.32 Å². The van der Waals surface area contributed by atoms with Crippen molar-refractivity contribution >= 4 is 17.7 Å². The summed E-state index contributed by atoms with van der Waals surface area (Å²) in [4.78, 5) is 21.2. The van der Waals surface area contributed by atoms with Crippen molar-refractivity contribution in [2.45, 2.75) is 6.92 Å². The van der Waals surface area contributed by atoms with Gasteiger partial charge in [0.05, 0.1) is 11.5 Å². The second-order valence-corrected chi connectivity index (χ2v) is 4.83. The third-order valence-corrected chi connectivity index (χ3v) is 3.18. The number of nitrogens with zero attached hydrogens (tertiary/aromatic N) is 1. The molecule has 0 aromatic heterocycles. The number of carbonyl (C=O) groups excluding carboxylic acids is 1. The average Bonchev–Trinajstić information content (AvgIpc) is 2.60. The Balaban J connectivity index is 1.88. The lowest BCUT2D eigenvalue weighted by Gasteiger charge is -2.10. The number of hydrogen-bond donors (Lipinski definition) is 1. The minimum atomic E-state index is -0.525. The maximum atomic E-state index is 11.0. The number of carbonyl (C=O) groups is 1. The first-order chi connectivity index (χ1) is 11.6. The van der Waals surface area contributed by atoms with Crippen LogP contribution in [0.15, 0.2) is 42.5 Å². The Labute approximate surface area is 139 Å². The molecule has 0 saturated heterocycles. The van der Waals surface area contributed by atoms with Crippen LogP contribution < -0.4 is 14.8 Å². The molecule has 0 aliphatic carbocycles. The van der Waals surface area contributed by atoms with Gasteiger partial charge in [-0.05, 0) is 43.3 Å². The summed E-state index contributed by atoms with van der Waals surface area (Å²) in [6.07, 6.45) is 0.575. The van der Waals surface area contributed by atoms with E-state index >= 15 is 0 Å². The van der Waals surface area contributed by atoms with Crippen molar-refractivity contribution in [2.75, 3.05) is 25.1 Å². The van der Waals surface area contributed by atoms with Crippen molar-refractivity contribution < 1.29 is 19.2 Å². The Morgan fingerprint density at radius 1 is 1.12 bits per heavy atom. The summed E-state index contributed by atoms with van der Waals surface area (Å²) in [5.41, 5.74) is 0.472. The highest BCUT2D eigenvalue weighted by atomic mass is 16.6. The number of nitrogens with one attached hydrogen (secondary N) is 1. The largest absolute Gasteiger partial charge is 0.494 e. The molecule has 0 bridgehead atoms. The van der Waals surface area contributed by atoms with Gasteiger partial charge in [0.2, 0.25) is 0 Å². The molecule has 0 fully saturated rings. The number of rotatable bonds is 9. The highest BCUT2D eigenvalue weighted by Crippen LogP contribution is 2.25. The van der Waals surface area contributed by atoms with E-state index in [0.29, 0.717) is 37.5 Å². The third-order valence-electron chi connectivity index (χ3n) is 3.18. The Hall–Kier alpha value is -3.09. The molecule has 0 aliphatic heterocycles. The van der Waals surface area contributed by atoms with Gasteiger partial charge in [0.25, 0.3) is 5.69 Å². The average molecular weight is 330 g/mol. The molecular formula is C17H18N2O5. The fourth-order valence-electron chi connectivity index (χ4n) is 2.08. The summed E-state index contributed by atoms with van der Waals surface area (Å²) in [5.74, 6) is 1.46. The smallest absolute Gasteiger partial charge is 0.293 e. The van der Waals surface area contributed by atoms with Gasteiger partial charge in [0.15, 0.2) is 0 Å². The molecule has 0 spiro atoms. The van der Waals surface area contributed by atoms with Gasteiger partial charge >= 0.3 is 0 Å². The van der Waals surface area contributed by atoms with Crippen LogP contribution >= 0.6 is 0 Å². The molecular weight excluding hydrogens is 312 g/mol. The zero-order chi connectivity index (χ0) is 17.4. The third kappa shape index (κ3) is 4.70. The summed E-state index contributed by atoms with van der Waals surface area (Å²) in [6, 6.07) is 11.5. The van der Waals surface area contributed by atoms with E-state index in [1.165, 1.54) is 18.2 Å². The molecule has 0 atom stereocenters. The molecule has 2 rings (SSSR count). The van der Waals surface area contributed by atoms with E-state index in [0.717, 1.165) is 5.75 Å². The first-order valence-corrected chi connectivity index (χ1v) is 7.47. The zero-order valence-electron chi connectivity index (χ0n) is 13.2. The predicted octanol–water partition coefficient (Wildman–Crippen LogP) is 3.30. The topological polar surface area (TPSA) is 90.7 Å².